The number of nitrogens with two attached hydrogens (primary N) is 1. The van der Waals surface area contributed by atoms with Crippen molar-refractivity contribution in [1.82, 2.24) is 15.0 Å². The van der Waals surface area contributed by atoms with Crippen LogP contribution in [0.1, 0.15) is 28.0 Å². The minimum atomic E-state index is -1.24. The molecule has 1 aromatic carbocycles. The minimum absolute atomic E-state index is 0.000341. The summed E-state index contributed by atoms with van der Waals surface area (Å²) in [6, 6.07) is 4.78. The molecule has 0 bridgehead atoms. The summed E-state index contributed by atoms with van der Waals surface area (Å²) in [6.07, 6.45) is 2.58. The van der Waals surface area contributed by atoms with E-state index in [9.17, 15) is 19.7 Å². The fourth-order valence-corrected chi connectivity index (χ4v) is 3.10. The molecule has 0 spiro atoms. The van der Waals surface area contributed by atoms with Gasteiger partial charge in [0.25, 0.3) is 0 Å². The molecule has 0 radical (unpaired) electrons. The second-order valence-electron chi connectivity index (χ2n) is 6.24. The summed E-state index contributed by atoms with van der Waals surface area (Å²) in [7, 11) is -1.24. The van der Waals surface area contributed by atoms with Crippen LogP contribution in [-0.4, -0.2) is 50.5 Å². The number of hydrogen-bond donors (Lipinski definition) is 3. The zero-order valence-corrected chi connectivity index (χ0v) is 14.0. The van der Waals surface area contributed by atoms with Crippen molar-refractivity contribution in [3.63, 3.8) is 0 Å². The van der Waals surface area contributed by atoms with Crippen LogP contribution in [0.25, 0.3) is 0 Å². The summed E-state index contributed by atoms with van der Waals surface area (Å²) >= 11 is 0. The van der Waals surface area contributed by atoms with Crippen molar-refractivity contribution in [3.8, 4) is 5.75 Å². The molecule has 10 heteroatoms. The quantitative estimate of drug-likeness (QED) is 0.584. The van der Waals surface area contributed by atoms with Gasteiger partial charge in [0.15, 0.2) is 5.78 Å². The van der Waals surface area contributed by atoms with Crippen LogP contribution < -0.4 is 10.4 Å². The average Bonchev–Trinajstić information content (AvgIpc) is 3.02. The number of nitrogens with zero attached hydrogens (tertiary/aromatic N) is 3. The Bertz CT molecular complexity index is 825. The van der Waals surface area contributed by atoms with Crippen LogP contribution in [0.2, 0.25) is 5.82 Å². The van der Waals surface area contributed by atoms with E-state index in [1.165, 1.54) is 10.7 Å². The van der Waals surface area contributed by atoms with E-state index >= 15 is 0 Å². The number of carboxylic acids is 1. The van der Waals surface area contributed by atoms with Gasteiger partial charge in [0.05, 0.1) is 17.5 Å². The van der Waals surface area contributed by atoms with Crippen LogP contribution in [0.3, 0.4) is 0 Å². The fraction of sp³-hybridized carbons (Fsp3) is 0.375. The first kappa shape index (κ1) is 18.1. The molecule has 9 nitrogen and oxygen atoms in total. The first-order valence-corrected chi connectivity index (χ1v) is 8.28. The number of hydrogen-bond acceptors (Lipinski definition) is 7. The van der Waals surface area contributed by atoms with Gasteiger partial charge in [-0.25, -0.2) is 9.48 Å². The highest BCUT2D eigenvalue weighted by Gasteiger charge is 2.37. The van der Waals surface area contributed by atoms with Gasteiger partial charge in [0.1, 0.15) is 12.3 Å². The molecule has 3 rings (SSSR count). The summed E-state index contributed by atoms with van der Waals surface area (Å²) in [4.78, 5) is 23.6. The lowest BCUT2D eigenvalue weighted by Crippen LogP contribution is -2.36. The number of Topliss-reactive ketones (excluding diaryl/α,β-unsaturated/α-hetero) is 1. The molecular weight excluding hydrogens is 339 g/mol. The van der Waals surface area contributed by atoms with Crippen molar-refractivity contribution in [2.24, 2.45) is 5.73 Å². The van der Waals surface area contributed by atoms with Crippen LogP contribution in [0.4, 0.5) is 0 Å². The Kier molecular flexibility index (Phi) is 5.33. The van der Waals surface area contributed by atoms with Crippen molar-refractivity contribution in [2.75, 3.05) is 6.54 Å². The lowest BCUT2D eigenvalue weighted by atomic mass is 9.64. The molecule has 0 unspecified atom stereocenters. The van der Waals surface area contributed by atoms with Gasteiger partial charge in [-0.3, -0.25) is 4.79 Å². The molecule has 0 saturated carbocycles. The maximum atomic E-state index is 12.4. The molecule has 0 amide bonds. The van der Waals surface area contributed by atoms with E-state index in [1.807, 2.05) is 0 Å². The molecule has 2 heterocycles. The maximum absolute atomic E-state index is 12.4. The van der Waals surface area contributed by atoms with Gasteiger partial charge < -0.3 is 20.5 Å². The number of ketones is 1. The van der Waals surface area contributed by atoms with Gasteiger partial charge in [0, 0.05) is 18.7 Å². The van der Waals surface area contributed by atoms with Crippen molar-refractivity contribution in [3.05, 3.63) is 41.2 Å². The smallest absolute Gasteiger partial charge is 0.526 e. The van der Waals surface area contributed by atoms with Crippen LogP contribution in [0, 0.1) is 0 Å². The van der Waals surface area contributed by atoms with Crippen LogP contribution in [-0.2, 0) is 24.2 Å². The van der Waals surface area contributed by atoms with Gasteiger partial charge in [-0.15, -0.1) is 5.10 Å². The summed E-state index contributed by atoms with van der Waals surface area (Å²) < 4.78 is 6.91. The molecule has 2 aromatic rings. The number of fused-ring (bicyclic) bond motifs is 1. The van der Waals surface area contributed by atoms with Gasteiger partial charge in [-0.1, -0.05) is 17.3 Å². The molecule has 0 aliphatic carbocycles. The number of para-hydroxylation sites is 1. The lowest BCUT2D eigenvalue weighted by Gasteiger charge is -2.28. The highest BCUT2D eigenvalue weighted by atomic mass is 16.5. The number of carboxylic acid groups (broad SMARTS) is 1. The van der Waals surface area contributed by atoms with E-state index in [1.54, 1.807) is 18.3 Å². The standard InChI is InChI=1S/C16H19BN4O5/c18-5-4-12-8-19-20-21(12)9-13(22)7-11-6-10-2-1-3-14(16(23)24)15(10)26-17(11)25/h1-3,8,11,25H,4-7,9,18H2,(H,23,24)/t11-/m1/s1. The Balaban J connectivity index is 1.69. The summed E-state index contributed by atoms with van der Waals surface area (Å²) in [5.41, 5.74) is 6.96. The molecule has 0 fully saturated rings. The highest BCUT2D eigenvalue weighted by Crippen LogP contribution is 2.36. The summed E-state index contributed by atoms with van der Waals surface area (Å²) in [6.45, 7) is 0.472. The highest BCUT2D eigenvalue weighted by molar-refractivity contribution is 6.47. The topological polar surface area (TPSA) is 141 Å². The summed E-state index contributed by atoms with van der Waals surface area (Å²) in [5, 5.41) is 27.1. The molecule has 1 aliphatic rings. The maximum Gasteiger partial charge on any atom is 0.526 e. The third kappa shape index (κ3) is 3.76. The molecule has 136 valence electrons. The third-order valence-electron chi connectivity index (χ3n) is 4.37. The van der Waals surface area contributed by atoms with E-state index in [0.717, 1.165) is 5.69 Å². The van der Waals surface area contributed by atoms with Crippen molar-refractivity contribution in [2.45, 2.75) is 31.6 Å². The predicted octanol–water partition coefficient (Wildman–Crippen LogP) is -0.0775. The summed E-state index contributed by atoms with van der Waals surface area (Å²) in [5.74, 6) is -1.54. The number of rotatable bonds is 7. The minimum Gasteiger partial charge on any atom is -0.535 e. The number of aromatic nitrogens is 3. The van der Waals surface area contributed by atoms with Crippen molar-refractivity contribution < 1.29 is 24.4 Å². The van der Waals surface area contributed by atoms with Crippen LogP contribution in [0.15, 0.2) is 24.4 Å². The molecular formula is C16H19BN4O5. The SMILES string of the molecule is NCCc1cnnn1CC(=O)C[C@H]1Cc2cccc(C(=O)O)c2OB1O. The Morgan fingerprint density at radius 2 is 2.23 bits per heavy atom. The van der Waals surface area contributed by atoms with Gasteiger partial charge in [-0.2, -0.15) is 0 Å². The number of aromatic carboxylic acids is 1. The number of carbonyl (C=O) groups is 2. The normalized spacial score (nSPS) is 16.1. The molecule has 1 aromatic heterocycles. The van der Waals surface area contributed by atoms with Crippen molar-refractivity contribution in [1.29, 1.82) is 0 Å². The van der Waals surface area contributed by atoms with Crippen LogP contribution >= 0.6 is 0 Å². The predicted molar refractivity (Wildman–Crippen MR) is 91.9 cm³/mol. The second kappa shape index (κ2) is 7.67. The lowest BCUT2D eigenvalue weighted by molar-refractivity contribution is -0.120. The molecule has 1 aliphatic heterocycles. The third-order valence-corrected chi connectivity index (χ3v) is 4.37. The zero-order chi connectivity index (χ0) is 18.7. The van der Waals surface area contributed by atoms with E-state index < -0.39 is 18.9 Å². The van der Waals surface area contributed by atoms with E-state index in [4.69, 9.17) is 10.4 Å². The second-order valence-corrected chi connectivity index (χ2v) is 6.24. The monoisotopic (exact) mass is 358 g/mol. The Hall–Kier alpha value is -2.72. The van der Waals surface area contributed by atoms with E-state index in [2.05, 4.69) is 10.3 Å². The van der Waals surface area contributed by atoms with E-state index in [0.29, 0.717) is 24.9 Å². The van der Waals surface area contributed by atoms with Crippen LogP contribution in [0.5, 0.6) is 5.75 Å². The number of carbonyl (C=O) groups excluding carboxylic acids is 1. The first-order valence-electron chi connectivity index (χ1n) is 8.28. The average molecular weight is 358 g/mol. The largest absolute Gasteiger partial charge is 0.535 e. The fourth-order valence-electron chi connectivity index (χ4n) is 3.10. The van der Waals surface area contributed by atoms with Crippen molar-refractivity contribution >= 4 is 18.9 Å². The zero-order valence-electron chi connectivity index (χ0n) is 14.0. The van der Waals surface area contributed by atoms with Gasteiger partial charge >= 0.3 is 13.1 Å². The number of benzene rings is 1. The Morgan fingerprint density at radius 1 is 1.42 bits per heavy atom. The first-order chi connectivity index (χ1) is 12.5. The molecule has 26 heavy (non-hydrogen) atoms. The Labute approximate surface area is 149 Å². The van der Waals surface area contributed by atoms with E-state index in [-0.39, 0.29) is 30.1 Å². The van der Waals surface area contributed by atoms with Gasteiger partial charge in [-0.05, 0) is 24.6 Å². The molecule has 1 atom stereocenters. The molecule has 0 saturated heterocycles. The Morgan fingerprint density at radius 3 is 2.96 bits per heavy atom. The van der Waals surface area contributed by atoms with Gasteiger partial charge in [0.2, 0.25) is 0 Å². The molecule has 4 N–H and O–H groups in total.